The Morgan fingerprint density at radius 3 is 2.82 bits per heavy atom. The van der Waals surface area contributed by atoms with Gasteiger partial charge in [-0.15, -0.1) is 6.42 Å². The Balaban J connectivity index is 1.75. The Kier molecular flexibility index (Phi) is 4.96. The second kappa shape index (κ2) is 7.71. The molecule has 0 bridgehead atoms. The molecule has 0 fully saturated rings. The zero-order valence-corrected chi connectivity index (χ0v) is 16.2. The van der Waals surface area contributed by atoms with Gasteiger partial charge in [0.15, 0.2) is 4.80 Å². The van der Waals surface area contributed by atoms with Crippen LogP contribution in [0.3, 0.4) is 0 Å². The molecule has 0 radical (unpaired) electrons. The summed E-state index contributed by atoms with van der Waals surface area (Å²) in [5.41, 5.74) is 1.92. The van der Waals surface area contributed by atoms with Crippen molar-refractivity contribution in [1.29, 1.82) is 0 Å². The SMILES string of the molecule is C#CCn1c(=NC(=O)Cc2cccc3ccccc23)sc2cc(OC)ccc21. The molecule has 0 spiro atoms. The van der Waals surface area contributed by atoms with Gasteiger partial charge in [0.2, 0.25) is 0 Å². The summed E-state index contributed by atoms with van der Waals surface area (Å²) in [5.74, 6) is 3.21. The number of hydrogen-bond donors (Lipinski definition) is 0. The highest BCUT2D eigenvalue weighted by atomic mass is 32.1. The first kappa shape index (κ1) is 18.0. The number of aromatic nitrogens is 1. The highest BCUT2D eigenvalue weighted by molar-refractivity contribution is 7.16. The molecule has 0 saturated carbocycles. The first-order chi connectivity index (χ1) is 13.7. The first-order valence-electron chi connectivity index (χ1n) is 8.84. The molecule has 5 heteroatoms. The Hall–Kier alpha value is -3.36. The van der Waals surface area contributed by atoms with Crippen LogP contribution in [0.15, 0.2) is 65.7 Å². The van der Waals surface area contributed by atoms with E-state index in [1.54, 1.807) is 7.11 Å². The van der Waals surface area contributed by atoms with Gasteiger partial charge in [0.05, 0.1) is 30.3 Å². The van der Waals surface area contributed by atoms with Crippen molar-refractivity contribution in [1.82, 2.24) is 4.57 Å². The predicted octanol–water partition coefficient (Wildman–Crippen LogP) is 4.17. The van der Waals surface area contributed by atoms with E-state index in [-0.39, 0.29) is 12.3 Å². The van der Waals surface area contributed by atoms with Crippen molar-refractivity contribution in [2.75, 3.05) is 7.11 Å². The van der Waals surface area contributed by atoms with E-state index in [1.165, 1.54) is 11.3 Å². The van der Waals surface area contributed by atoms with Crippen molar-refractivity contribution in [3.8, 4) is 18.1 Å². The van der Waals surface area contributed by atoms with Crippen molar-refractivity contribution in [3.63, 3.8) is 0 Å². The number of benzene rings is 3. The van der Waals surface area contributed by atoms with E-state index in [9.17, 15) is 4.79 Å². The van der Waals surface area contributed by atoms with E-state index in [0.29, 0.717) is 11.3 Å². The zero-order valence-electron chi connectivity index (χ0n) is 15.4. The number of hydrogen-bond acceptors (Lipinski definition) is 3. The topological polar surface area (TPSA) is 43.6 Å². The van der Waals surface area contributed by atoms with Gasteiger partial charge >= 0.3 is 0 Å². The lowest BCUT2D eigenvalue weighted by Crippen LogP contribution is -2.17. The Bertz CT molecular complexity index is 1290. The smallest absolute Gasteiger partial charge is 0.252 e. The van der Waals surface area contributed by atoms with Crippen molar-refractivity contribution in [3.05, 3.63) is 71.0 Å². The number of nitrogens with zero attached hydrogens (tertiary/aromatic N) is 2. The van der Waals surface area contributed by atoms with Crippen LogP contribution in [-0.2, 0) is 17.8 Å². The van der Waals surface area contributed by atoms with E-state index < -0.39 is 0 Å². The molecule has 0 atom stereocenters. The molecule has 138 valence electrons. The third-order valence-electron chi connectivity index (χ3n) is 4.58. The molecular weight excluding hydrogens is 368 g/mol. The average molecular weight is 386 g/mol. The van der Waals surface area contributed by atoms with Gasteiger partial charge in [0.25, 0.3) is 5.91 Å². The molecule has 4 rings (SSSR count). The van der Waals surface area contributed by atoms with Crippen LogP contribution in [0.4, 0.5) is 0 Å². The minimum absolute atomic E-state index is 0.194. The number of terminal acetylenes is 1. The lowest BCUT2D eigenvalue weighted by molar-refractivity contribution is -0.117. The molecule has 1 aromatic heterocycles. The molecular formula is C23H18N2O2S. The van der Waals surface area contributed by atoms with Crippen LogP contribution in [0.25, 0.3) is 21.0 Å². The lowest BCUT2D eigenvalue weighted by atomic mass is 10.0. The molecule has 0 aliphatic carbocycles. The van der Waals surface area contributed by atoms with Gasteiger partial charge in [-0.3, -0.25) is 4.79 Å². The summed E-state index contributed by atoms with van der Waals surface area (Å²) in [6, 6.07) is 19.8. The van der Waals surface area contributed by atoms with Crippen molar-refractivity contribution in [2.24, 2.45) is 4.99 Å². The molecule has 1 heterocycles. The number of ether oxygens (including phenoxy) is 1. The molecule has 3 aromatic carbocycles. The van der Waals surface area contributed by atoms with Gasteiger partial charge in [-0.25, -0.2) is 0 Å². The molecule has 28 heavy (non-hydrogen) atoms. The third-order valence-corrected chi connectivity index (χ3v) is 5.62. The van der Waals surface area contributed by atoms with Crippen molar-refractivity contribution >= 4 is 38.2 Å². The monoisotopic (exact) mass is 386 g/mol. The quantitative estimate of drug-likeness (QED) is 0.494. The van der Waals surface area contributed by atoms with E-state index in [4.69, 9.17) is 11.2 Å². The number of amides is 1. The van der Waals surface area contributed by atoms with Crippen LogP contribution in [0.1, 0.15) is 5.56 Å². The molecule has 0 N–H and O–H groups in total. The molecule has 4 aromatic rings. The number of rotatable bonds is 4. The van der Waals surface area contributed by atoms with Gasteiger partial charge in [0, 0.05) is 0 Å². The molecule has 1 amide bonds. The molecule has 0 unspecified atom stereocenters. The summed E-state index contributed by atoms with van der Waals surface area (Å²) in [5, 5.41) is 2.19. The number of carbonyl (C=O) groups excluding carboxylic acids is 1. The molecule has 0 saturated heterocycles. The summed E-state index contributed by atoms with van der Waals surface area (Å²) in [7, 11) is 1.63. The second-order valence-electron chi connectivity index (χ2n) is 6.33. The van der Waals surface area contributed by atoms with Crippen molar-refractivity contribution in [2.45, 2.75) is 13.0 Å². The van der Waals surface area contributed by atoms with Crippen molar-refractivity contribution < 1.29 is 9.53 Å². The standard InChI is InChI=1S/C23H18N2O2S/c1-3-13-25-20-12-11-18(27-2)15-21(20)28-23(25)24-22(26)14-17-9-6-8-16-7-4-5-10-19(16)17/h1,4-12,15H,13-14H2,2H3. The minimum Gasteiger partial charge on any atom is -0.497 e. The van der Waals surface area contributed by atoms with Crippen LogP contribution < -0.4 is 9.54 Å². The average Bonchev–Trinajstić information content (AvgIpc) is 3.04. The zero-order chi connectivity index (χ0) is 19.5. The van der Waals surface area contributed by atoms with Gasteiger partial charge in [-0.05, 0) is 34.5 Å². The van der Waals surface area contributed by atoms with Crippen LogP contribution in [-0.4, -0.2) is 17.6 Å². The van der Waals surface area contributed by atoms with E-state index >= 15 is 0 Å². The fraction of sp³-hybridized carbons (Fsp3) is 0.130. The maximum absolute atomic E-state index is 12.7. The Morgan fingerprint density at radius 2 is 2.00 bits per heavy atom. The Labute approximate surface area is 166 Å². The van der Waals surface area contributed by atoms with E-state index in [0.717, 1.165) is 32.3 Å². The van der Waals surface area contributed by atoms with Crippen LogP contribution in [0.5, 0.6) is 5.75 Å². The largest absolute Gasteiger partial charge is 0.497 e. The number of methoxy groups -OCH3 is 1. The third kappa shape index (κ3) is 3.42. The second-order valence-corrected chi connectivity index (χ2v) is 7.34. The maximum atomic E-state index is 12.7. The highest BCUT2D eigenvalue weighted by Gasteiger charge is 2.10. The highest BCUT2D eigenvalue weighted by Crippen LogP contribution is 2.23. The van der Waals surface area contributed by atoms with Crippen LogP contribution in [0.2, 0.25) is 0 Å². The lowest BCUT2D eigenvalue weighted by Gasteiger charge is -2.04. The fourth-order valence-electron chi connectivity index (χ4n) is 3.27. The summed E-state index contributed by atoms with van der Waals surface area (Å²) >= 11 is 1.44. The fourth-order valence-corrected chi connectivity index (χ4v) is 4.34. The van der Waals surface area contributed by atoms with E-state index in [2.05, 4.69) is 10.9 Å². The van der Waals surface area contributed by atoms with Gasteiger partial charge in [-0.1, -0.05) is 59.7 Å². The number of thiazole rings is 1. The number of carbonyl (C=O) groups is 1. The van der Waals surface area contributed by atoms with Gasteiger partial charge < -0.3 is 9.30 Å². The summed E-state index contributed by atoms with van der Waals surface area (Å²) < 4.78 is 8.16. The van der Waals surface area contributed by atoms with Gasteiger partial charge in [-0.2, -0.15) is 4.99 Å². The van der Waals surface area contributed by atoms with Gasteiger partial charge in [0.1, 0.15) is 5.75 Å². The summed E-state index contributed by atoms with van der Waals surface area (Å²) in [4.78, 5) is 17.7. The first-order valence-corrected chi connectivity index (χ1v) is 9.66. The summed E-state index contributed by atoms with van der Waals surface area (Å²) in [6.45, 7) is 0.354. The predicted molar refractivity (Wildman–Crippen MR) is 113 cm³/mol. The summed E-state index contributed by atoms with van der Waals surface area (Å²) in [6.07, 6.45) is 5.78. The molecule has 0 aliphatic rings. The van der Waals surface area contributed by atoms with Crippen LogP contribution >= 0.6 is 11.3 Å². The number of fused-ring (bicyclic) bond motifs is 2. The maximum Gasteiger partial charge on any atom is 0.252 e. The normalized spacial score (nSPS) is 11.6. The van der Waals surface area contributed by atoms with E-state index in [1.807, 2.05) is 65.2 Å². The van der Waals surface area contributed by atoms with Crippen LogP contribution in [0, 0.1) is 12.3 Å². The minimum atomic E-state index is -0.194. The molecule has 4 nitrogen and oxygen atoms in total. The Morgan fingerprint density at radius 1 is 1.18 bits per heavy atom. The molecule has 0 aliphatic heterocycles.